The number of nitrogens with one attached hydrogen (secondary N) is 2. The Morgan fingerprint density at radius 1 is 1.15 bits per heavy atom. The van der Waals surface area contributed by atoms with Gasteiger partial charge in [0.1, 0.15) is 5.82 Å². The summed E-state index contributed by atoms with van der Waals surface area (Å²) in [5.74, 6) is 0.816. The summed E-state index contributed by atoms with van der Waals surface area (Å²) < 4.78 is 0. The van der Waals surface area contributed by atoms with E-state index in [-0.39, 0.29) is 6.03 Å². The number of imidazole rings is 1. The van der Waals surface area contributed by atoms with Crippen molar-refractivity contribution in [3.63, 3.8) is 0 Å². The standard InChI is InChI=1S/C21H31N5O/c1-15-11-18-19(12-16(15)2)24-20(23-18)13-22-21(27)26-10-4-3-7-17(26)14-25-8-5-6-9-25/h11-12,17H,3-10,13-14H2,1-2H3,(H,22,27)(H,23,24)/t17-/m0/s1. The minimum absolute atomic E-state index is 0.0479. The van der Waals surface area contributed by atoms with Gasteiger partial charge in [0.25, 0.3) is 0 Å². The highest BCUT2D eigenvalue weighted by Gasteiger charge is 2.29. The number of likely N-dealkylation sites (tertiary alicyclic amines) is 2. The number of nitrogens with zero attached hydrogens (tertiary/aromatic N) is 3. The lowest BCUT2D eigenvalue weighted by Crippen LogP contribution is -2.52. The molecule has 0 bridgehead atoms. The number of amides is 2. The van der Waals surface area contributed by atoms with E-state index in [1.807, 2.05) is 0 Å². The number of aromatic nitrogens is 2. The zero-order valence-corrected chi connectivity index (χ0v) is 16.6. The maximum atomic E-state index is 12.8. The summed E-state index contributed by atoms with van der Waals surface area (Å²) in [4.78, 5) is 25.4. The minimum Gasteiger partial charge on any atom is -0.340 e. The Morgan fingerprint density at radius 2 is 1.89 bits per heavy atom. The van der Waals surface area contributed by atoms with E-state index in [1.54, 1.807) is 0 Å². The average molecular weight is 370 g/mol. The van der Waals surface area contributed by atoms with Crippen LogP contribution in [0, 0.1) is 13.8 Å². The molecule has 3 heterocycles. The van der Waals surface area contributed by atoms with Gasteiger partial charge in [-0.25, -0.2) is 9.78 Å². The molecule has 1 aromatic carbocycles. The van der Waals surface area contributed by atoms with Gasteiger partial charge in [-0.3, -0.25) is 0 Å². The highest BCUT2D eigenvalue weighted by Crippen LogP contribution is 2.21. The van der Waals surface area contributed by atoms with Crippen LogP contribution in [0.2, 0.25) is 0 Å². The van der Waals surface area contributed by atoms with E-state index in [2.05, 4.69) is 51.1 Å². The molecule has 27 heavy (non-hydrogen) atoms. The number of benzene rings is 1. The van der Waals surface area contributed by atoms with E-state index in [0.717, 1.165) is 42.8 Å². The molecule has 2 N–H and O–H groups in total. The second-order valence-corrected chi connectivity index (χ2v) is 8.15. The summed E-state index contributed by atoms with van der Waals surface area (Å²) in [5.41, 5.74) is 4.49. The Morgan fingerprint density at radius 3 is 2.70 bits per heavy atom. The Bertz CT molecular complexity index is 769. The summed E-state index contributed by atoms with van der Waals surface area (Å²) in [6.45, 7) is 8.90. The quantitative estimate of drug-likeness (QED) is 0.869. The van der Waals surface area contributed by atoms with Crippen molar-refractivity contribution in [1.29, 1.82) is 0 Å². The zero-order valence-electron chi connectivity index (χ0n) is 16.6. The number of carbonyl (C=O) groups excluding carboxylic acids is 1. The second-order valence-electron chi connectivity index (χ2n) is 8.15. The van der Waals surface area contributed by atoms with Gasteiger partial charge < -0.3 is 20.1 Å². The van der Waals surface area contributed by atoms with Crippen LogP contribution in [0.25, 0.3) is 11.0 Å². The summed E-state index contributed by atoms with van der Waals surface area (Å²) in [6.07, 6.45) is 6.04. The van der Waals surface area contributed by atoms with E-state index in [0.29, 0.717) is 12.6 Å². The number of hydrogen-bond donors (Lipinski definition) is 2. The third-order valence-corrected chi connectivity index (χ3v) is 6.11. The molecule has 1 atom stereocenters. The van der Waals surface area contributed by atoms with Gasteiger partial charge >= 0.3 is 6.03 Å². The van der Waals surface area contributed by atoms with Gasteiger partial charge in [-0.05, 0) is 82.3 Å². The van der Waals surface area contributed by atoms with Crippen molar-refractivity contribution < 1.29 is 4.79 Å². The monoisotopic (exact) mass is 369 g/mol. The van der Waals surface area contributed by atoms with Crippen molar-refractivity contribution in [3.8, 4) is 0 Å². The maximum Gasteiger partial charge on any atom is 0.318 e. The van der Waals surface area contributed by atoms with Crippen molar-refractivity contribution in [3.05, 3.63) is 29.1 Å². The summed E-state index contributed by atoms with van der Waals surface area (Å²) >= 11 is 0. The van der Waals surface area contributed by atoms with Gasteiger partial charge in [0.2, 0.25) is 0 Å². The van der Waals surface area contributed by atoms with E-state index < -0.39 is 0 Å². The first kappa shape index (κ1) is 18.3. The van der Waals surface area contributed by atoms with Crippen LogP contribution in [0.4, 0.5) is 4.79 Å². The molecule has 4 rings (SSSR count). The number of rotatable bonds is 4. The molecule has 2 aliphatic heterocycles. The van der Waals surface area contributed by atoms with Gasteiger partial charge in [-0.15, -0.1) is 0 Å². The van der Waals surface area contributed by atoms with E-state index in [4.69, 9.17) is 0 Å². The number of urea groups is 1. The van der Waals surface area contributed by atoms with Crippen LogP contribution >= 0.6 is 0 Å². The summed E-state index contributed by atoms with van der Waals surface area (Å²) in [5, 5.41) is 3.09. The first-order valence-corrected chi connectivity index (χ1v) is 10.3. The average Bonchev–Trinajstić information content (AvgIpc) is 3.30. The van der Waals surface area contributed by atoms with Crippen molar-refractivity contribution in [2.24, 2.45) is 0 Å². The molecule has 0 aliphatic carbocycles. The predicted octanol–water partition coefficient (Wildman–Crippen LogP) is 3.34. The lowest BCUT2D eigenvalue weighted by atomic mass is 10.0. The molecule has 2 aliphatic rings. The first-order valence-electron chi connectivity index (χ1n) is 10.3. The van der Waals surface area contributed by atoms with E-state index >= 15 is 0 Å². The lowest BCUT2D eigenvalue weighted by Gasteiger charge is -2.37. The molecule has 0 saturated carbocycles. The number of aryl methyl sites for hydroxylation is 2. The van der Waals surface area contributed by atoms with Crippen molar-refractivity contribution >= 4 is 17.1 Å². The summed E-state index contributed by atoms with van der Waals surface area (Å²) in [6, 6.07) is 4.62. The molecule has 2 fully saturated rings. The summed E-state index contributed by atoms with van der Waals surface area (Å²) in [7, 11) is 0. The Balaban J connectivity index is 1.38. The number of hydrogen-bond acceptors (Lipinski definition) is 3. The Hall–Kier alpha value is -2.08. The number of H-pyrrole nitrogens is 1. The zero-order chi connectivity index (χ0) is 18.8. The van der Waals surface area contributed by atoms with Crippen LogP contribution in [0.3, 0.4) is 0 Å². The molecule has 2 saturated heterocycles. The Labute approximate surface area is 161 Å². The van der Waals surface area contributed by atoms with Crippen LogP contribution in [-0.4, -0.2) is 58.0 Å². The predicted molar refractivity (Wildman–Crippen MR) is 108 cm³/mol. The topological polar surface area (TPSA) is 64.3 Å². The van der Waals surface area contributed by atoms with E-state index in [9.17, 15) is 4.79 Å². The lowest BCUT2D eigenvalue weighted by molar-refractivity contribution is 0.127. The fourth-order valence-electron chi connectivity index (χ4n) is 4.39. The van der Waals surface area contributed by atoms with Crippen LogP contribution in [-0.2, 0) is 6.54 Å². The normalized spacial score (nSPS) is 21.1. The van der Waals surface area contributed by atoms with Crippen LogP contribution < -0.4 is 5.32 Å². The molecule has 2 aromatic rings. The molecule has 6 heteroatoms. The van der Waals surface area contributed by atoms with Crippen molar-refractivity contribution in [2.75, 3.05) is 26.2 Å². The number of piperidine rings is 1. The number of fused-ring (bicyclic) bond motifs is 1. The van der Waals surface area contributed by atoms with Crippen molar-refractivity contribution in [1.82, 2.24) is 25.1 Å². The highest BCUT2D eigenvalue weighted by atomic mass is 16.2. The van der Waals surface area contributed by atoms with Crippen molar-refractivity contribution in [2.45, 2.75) is 58.5 Å². The van der Waals surface area contributed by atoms with Crippen LogP contribution in [0.15, 0.2) is 12.1 Å². The first-order chi connectivity index (χ1) is 13.1. The second kappa shape index (κ2) is 7.89. The fraction of sp³-hybridized carbons (Fsp3) is 0.619. The highest BCUT2D eigenvalue weighted by molar-refractivity contribution is 5.77. The largest absolute Gasteiger partial charge is 0.340 e. The number of aromatic amines is 1. The molecule has 0 radical (unpaired) electrons. The maximum absolute atomic E-state index is 12.8. The van der Waals surface area contributed by atoms with Crippen LogP contribution in [0.1, 0.15) is 49.1 Å². The van der Waals surface area contributed by atoms with Gasteiger partial charge in [0.05, 0.1) is 17.6 Å². The fourth-order valence-corrected chi connectivity index (χ4v) is 4.39. The molecule has 146 valence electrons. The van der Waals surface area contributed by atoms with Gasteiger partial charge in [-0.1, -0.05) is 0 Å². The van der Waals surface area contributed by atoms with Crippen LogP contribution in [0.5, 0.6) is 0 Å². The molecule has 0 spiro atoms. The Kier molecular flexibility index (Phi) is 5.34. The SMILES string of the molecule is Cc1cc2nc(CNC(=O)N3CCCC[C@H]3CN3CCCC3)[nH]c2cc1C. The molecular formula is C21H31N5O. The van der Waals surface area contributed by atoms with Gasteiger partial charge in [-0.2, -0.15) is 0 Å². The third kappa shape index (κ3) is 4.10. The van der Waals surface area contributed by atoms with E-state index in [1.165, 1.54) is 43.5 Å². The molecule has 2 amide bonds. The number of carbonyl (C=O) groups is 1. The third-order valence-electron chi connectivity index (χ3n) is 6.11. The van der Waals surface area contributed by atoms with Gasteiger partial charge in [0, 0.05) is 19.1 Å². The molecule has 0 unspecified atom stereocenters. The molecule has 1 aromatic heterocycles. The molecular weight excluding hydrogens is 338 g/mol. The van der Waals surface area contributed by atoms with Gasteiger partial charge in [0.15, 0.2) is 0 Å². The minimum atomic E-state index is 0.0479. The smallest absolute Gasteiger partial charge is 0.318 e. The molecule has 6 nitrogen and oxygen atoms in total.